The smallest absolute Gasteiger partial charge is 0.319 e. The summed E-state index contributed by atoms with van der Waals surface area (Å²) in [5, 5.41) is 0. The van der Waals surface area contributed by atoms with Crippen LogP contribution >= 0.6 is 0 Å². The second-order valence-electron chi connectivity index (χ2n) is 7.89. The molecule has 6 nitrogen and oxygen atoms in total. The first-order chi connectivity index (χ1) is 11.8. The number of unbranched alkanes of at least 4 members (excludes halogenated alkanes) is 1. The summed E-state index contributed by atoms with van der Waals surface area (Å²) in [5.41, 5.74) is -0.457. The Balaban J connectivity index is 2.04. The summed E-state index contributed by atoms with van der Waals surface area (Å²) in [6.07, 6.45) is 3.63. The van der Waals surface area contributed by atoms with Crippen LogP contribution in [0.4, 0.5) is 0 Å². The van der Waals surface area contributed by atoms with Crippen molar-refractivity contribution in [2.75, 3.05) is 19.8 Å². The van der Waals surface area contributed by atoms with Gasteiger partial charge in [-0.15, -0.1) is 0 Å². The summed E-state index contributed by atoms with van der Waals surface area (Å²) in [4.78, 5) is 39.1. The van der Waals surface area contributed by atoms with E-state index in [0.717, 1.165) is 25.7 Å². The first kappa shape index (κ1) is 19.7. The molecular formula is C19H31NO5. The predicted molar refractivity (Wildman–Crippen MR) is 92.6 cm³/mol. The molecule has 6 heteroatoms. The van der Waals surface area contributed by atoms with Crippen LogP contribution in [0.3, 0.4) is 0 Å². The molecule has 25 heavy (non-hydrogen) atoms. The lowest BCUT2D eigenvalue weighted by Crippen LogP contribution is -2.54. The summed E-state index contributed by atoms with van der Waals surface area (Å²) in [6, 6.07) is -0.178. The molecule has 0 saturated carbocycles. The van der Waals surface area contributed by atoms with Crippen molar-refractivity contribution in [3.8, 4) is 0 Å². The molecule has 0 aromatic heterocycles. The lowest BCUT2D eigenvalue weighted by Gasteiger charge is -2.43. The largest absolute Gasteiger partial charge is 0.466 e. The molecule has 3 atom stereocenters. The number of rotatable bonds is 6. The van der Waals surface area contributed by atoms with Crippen LogP contribution in [0.2, 0.25) is 0 Å². The number of nitrogens with zero attached hydrogens (tertiary/aromatic N) is 1. The Kier molecular flexibility index (Phi) is 6.47. The van der Waals surface area contributed by atoms with Crippen molar-refractivity contribution in [2.45, 2.75) is 65.8 Å². The van der Waals surface area contributed by atoms with E-state index in [1.165, 1.54) is 0 Å². The van der Waals surface area contributed by atoms with Crippen LogP contribution in [-0.4, -0.2) is 48.5 Å². The van der Waals surface area contributed by atoms with E-state index in [0.29, 0.717) is 19.8 Å². The molecule has 3 unspecified atom stereocenters. The molecule has 142 valence electrons. The van der Waals surface area contributed by atoms with Gasteiger partial charge in [-0.25, -0.2) is 0 Å². The molecule has 0 bridgehead atoms. The molecule has 2 fully saturated rings. The zero-order valence-corrected chi connectivity index (χ0v) is 15.9. The highest BCUT2D eigenvalue weighted by Gasteiger charge is 2.51. The van der Waals surface area contributed by atoms with E-state index in [4.69, 9.17) is 9.47 Å². The lowest BCUT2D eigenvalue weighted by atomic mass is 9.68. The van der Waals surface area contributed by atoms with E-state index in [-0.39, 0.29) is 30.3 Å². The van der Waals surface area contributed by atoms with Crippen LogP contribution in [0.5, 0.6) is 0 Å². The van der Waals surface area contributed by atoms with Crippen LogP contribution in [0, 0.1) is 17.3 Å². The SMILES string of the molecule is CCCCOC(=O)CC1CCCN1C(=O)C1C(=O)OCC(C)C1(C)C. The van der Waals surface area contributed by atoms with E-state index in [9.17, 15) is 14.4 Å². The van der Waals surface area contributed by atoms with Crippen molar-refractivity contribution < 1.29 is 23.9 Å². The van der Waals surface area contributed by atoms with Crippen molar-refractivity contribution in [2.24, 2.45) is 17.3 Å². The van der Waals surface area contributed by atoms with Crippen LogP contribution in [0.1, 0.15) is 59.8 Å². The summed E-state index contributed by atoms with van der Waals surface area (Å²) in [7, 11) is 0. The van der Waals surface area contributed by atoms with E-state index in [1.54, 1.807) is 4.90 Å². The third kappa shape index (κ3) is 4.33. The Hall–Kier alpha value is -1.59. The number of cyclic esters (lactones) is 1. The molecule has 0 aromatic carbocycles. The maximum atomic E-state index is 13.1. The fraction of sp³-hybridized carbons (Fsp3) is 0.842. The van der Waals surface area contributed by atoms with E-state index in [2.05, 4.69) is 0 Å². The van der Waals surface area contributed by atoms with Crippen molar-refractivity contribution in [3.63, 3.8) is 0 Å². The number of amides is 1. The minimum Gasteiger partial charge on any atom is -0.466 e. The summed E-state index contributed by atoms with van der Waals surface area (Å²) < 4.78 is 10.5. The summed E-state index contributed by atoms with van der Waals surface area (Å²) >= 11 is 0. The summed E-state index contributed by atoms with van der Waals surface area (Å²) in [5.74, 6) is -1.60. The molecule has 0 N–H and O–H groups in total. The van der Waals surface area contributed by atoms with Crippen LogP contribution < -0.4 is 0 Å². The number of esters is 2. The van der Waals surface area contributed by atoms with Gasteiger partial charge in [0.15, 0.2) is 0 Å². The van der Waals surface area contributed by atoms with Gasteiger partial charge in [-0.1, -0.05) is 34.1 Å². The van der Waals surface area contributed by atoms with Gasteiger partial charge in [-0.2, -0.15) is 0 Å². The molecular weight excluding hydrogens is 322 g/mol. The van der Waals surface area contributed by atoms with Gasteiger partial charge in [0.2, 0.25) is 5.91 Å². The van der Waals surface area contributed by atoms with Crippen LogP contribution in [0.25, 0.3) is 0 Å². The number of likely N-dealkylation sites (tertiary alicyclic amines) is 1. The quantitative estimate of drug-likeness (QED) is 0.417. The monoisotopic (exact) mass is 353 g/mol. The van der Waals surface area contributed by atoms with Gasteiger partial charge in [0.1, 0.15) is 5.92 Å². The van der Waals surface area contributed by atoms with Gasteiger partial charge in [0, 0.05) is 12.6 Å². The minimum absolute atomic E-state index is 0.110. The van der Waals surface area contributed by atoms with Crippen molar-refractivity contribution in [1.29, 1.82) is 0 Å². The van der Waals surface area contributed by atoms with Crippen molar-refractivity contribution >= 4 is 17.8 Å². The van der Waals surface area contributed by atoms with Crippen LogP contribution in [0.15, 0.2) is 0 Å². The van der Waals surface area contributed by atoms with Gasteiger partial charge >= 0.3 is 11.9 Å². The fourth-order valence-corrected chi connectivity index (χ4v) is 3.60. The molecule has 0 spiro atoms. The van der Waals surface area contributed by atoms with Gasteiger partial charge in [0.05, 0.1) is 19.6 Å². The van der Waals surface area contributed by atoms with Crippen molar-refractivity contribution in [3.05, 3.63) is 0 Å². The second kappa shape index (κ2) is 8.19. The van der Waals surface area contributed by atoms with E-state index < -0.39 is 17.3 Å². The normalized spacial score (nSPS) is 28.6. The second-order valence-corrected chi connectivity index (χ2v) is 7.89. The Morgan fingerprint density at radius 2 is 2.08 bits per heavy atom. The third-order valence-electron chi connectivity index (χ3n) is 5.80. The molecule has 2 aliphatic heterocycles. The molecule has 1 amide bonds. The van der Waals surface area contributed by atoms with Gasteiger partial charge in [0.25, 0.3) is 0 Å². The zero-order valence-electron chi connectivity index (χ0n) is 15.9. The highest BCUT2D eigenvalue weighted by Crippen LogP contribution is 2.41. The highest BCUT2D eigenvalue weighted by atomic mass is 16.5. The van der Waals surface area contributed by atoms with E-state index in [1.807, 2.05) is 27.7 Å². The molecule has 2 saturated heterocycles. The molecule has 0 radical (unpaired) electrons. The highest BCUT2D eigenvalue weighted by molar-refractivity contribution is 5.99. The topological polar surface area (TPSA) is 72.9 Å². The Labute approximate surface area is 150 Å². The maximum absolute atomic E-state index is 13.1. The zero-order chi connectivity index (χ0) is 18.6. The predicted octanol–water partition coefficient (Wildman–Crippen LogP) is 2.55. The van der Waals surface area contributed by atoms with Gasteiger partial charge in [-0.3, -0.25) is 14.4 Å². The van der Waals surface area contributed by atoms with E-state index >= 15 is 0 Å². The van der Waals surface area contributed by atoms with Crippen molar-refractivity contribution in [1.82, 2.24) is 4.90 Å². The van der Waals surface area contributed by atoms with Gasteiger partial charge < -0.3 is 14.4 Å². The van der Waals surface area contributed by atoms with Gasteiger partial charge in [-0.05, 0) is 30.6 Å². The molecule has 0 aliphatic carbocycles. The minimum atomic E-state index is -0.798. The standard InChI is InChI=1S/C19H31NO5/c1-5-6-10-24-15(21)11-14-8-7-9-20(14)17(22)16-18(23)25-12-13(2)19(16,3)4/h13-14,16H,5-12H2,1-4H3. The Bertz CT molecular complexity index is 516. The first-order valence-electron chi connectivity index (χ1n) is 9.41. The fourth-order valence-electron chi connectivity index (χ4n) is 3.60. The number of hydrogen-bond acceptors (Lipinski definition) is 5. The first-order valence-corrected chi connectivity index (χ1v) is 9.41. The average Bonchev–Trinajstić information content (AvgIpc) is 2.99. The summed E-state index contributed by atoms with van der Waals surface area (Å²) in [6.45, 7) is 9.30. The number of carbonyl (C=O) groups is 3. The molecule has 2 aliphatic rings. The molecule has 2 heterocycles. The maximum Gasteiger partial charge on any atom is 0.319 e. The molecule has 0 aromatic rings. The van der Waals surface area contributed by atoms with Crippen LogP contribution in [-0.2, 0) is 23.9 Å². The lowest BCUT2D eigenvalue weighted by molar-refractivity contribution is -0.175. The number of hydrogen-bond donors (Lipinski definition) is 0. The third-order valence-corrected chi connectivity index (χ3v) is 5.80. The average molecular weight is 353 g/mol. The number of ether oxygens (including phenoxy) is 2. The Morgan fingerprint density at radius 3 is 2.76 bits per heavy atom. The number of carbonyl (C=O) groups excluding carboxylic acids is 3. The Morgan fingerprint density at radius 1 is 1.36 bits per heavy atom. The molecule has 2 rings (SSSR count).